The Balaban J connectivity index is 2.34. The van der Waals surface area contributed by atoms with E-state index in [1.54, 1.807) is 6.07 Å². The van der Waals surface area contributed by atoms with Gasteiger partial charge in [-0.25, -0.2) is 0 Å². The van der Waals surface area contributed by atoms with Gasteiger partial charge in [0.2, 0.25) is 11.8 Å². The molecular formula is C18H24N6O2. The Morgan fingerprint density at radius 2 is 1.73 bits per heavy atom. The lowest BCUT2D eigenvalue weighted by atomic mass is 10.0. The van der Waals surface area contributed by atoms with Crippen LogP contribution in [0.2, 0.25) is 0 Å². The summed E-state index contributed by atoms with van der Waals surface area (Å²) in [6.07, 6.45) is 0.818. The first kappa shape index (κ1) is 19.2. The predicted octanol–water partition coefficient (Wildman–Crippen LogP) is 0.0390. The zero-order valence-electron chi connectivity index (χ0n) is 14.5. The molecule has 2 aromatic rings. The topological polar surface area (TPSA) is 154 Å². The summed E-state index contributed by atoms with van der Waals surface area (Å²) < 4.78 is 0. The number of hydrogen-bond donors (Lipinski definition) is 4. The molecule has 0 bridgehead atoms. The molecule has 0 radical (unpaired) electrons. The summed E-state index contributed by atoms with van der Waals surface area (Å²) in [7, 11) is 0. The Hall–Kier alpha value is -3.13. The second kappa shape index (κ2) is 8.82. The summed E-state index contributed by atoms with van der Waals surface area (Å²) in [5.74, 6) is -1.01. The lowest BCUT2D eigenvalue weighted by Gasteiger charge is -2.30. The SMILES string of the molecule is NCC(=O)N(c1ccc2ccccc2c1)C(CCCN=C(N)N)C(N)=O. The fourth-order valence-corrected chi connectivity index (χ4v) is 2.81. The summed E-state index contributed by atoms with van der Waals surface area (Å²) in [6, 6.07) is 12.4. The maximum Gasteiger partial charge on any atom is 0.241 e. The van der Waals surface area contributed by atoms with E-state index in [1.807, 2.05) is 36.4 Å². The number of guanidine groups is 1. The Morgan fingerprint density at radius 3 is 2.35 bits per heavy atom. The summed E-state index contributed by atoms with van der Waals surface area (Å²) in [6.45, 7) is 0.110. The third-order valence-electron chi connectivity index (χ3n) is 4.02. The van der Waals surface area contributed by atoms with Crippen LogP contribution in [0.15, 0.2) is 47.5 Å². The zero-order valence-corrected chi connectivity index (χ0v) is 14.5. The molecule has 0 aliphatic rings. The standard InChI is InChI=1S/C18H24N6O2/c19-11-16(25)24(15(17(20)26)6-3-9-23-18(21)22)14-8-7-12-4-1-2-5-13(12)10-14/h1-2,4-5,7-8,10,15H,3,6,9,11,19H2,(H2,20,26)(H4,21,22,23). The van der Waals surface area contributed by atoms with Crippen LogP contribution in [-0.4, -0.2) is 36.9 Å². The van der Waals surface area contributed by atoms with E-state index in [9.17, 15) is 9.59 Å². The van der Waals surface area contributed by atoms with E-state index in [-0.39, 0.29) is 18.4 Å². The van der Waals surface area contributed by atoms with Crippen molar-refractivity contribution in [3.8, 4) is 0 Å². The largest absolute Gasteiger partial charge is 0.370 e. The average molecular weight is 356 g/mol. The highest BCUT2D eigenvalue weighted by Crippen LogP contribution is 2.25. The smallest absolute Gasteiger partial charge is 0.241 e. The van der Waals surface area contributed by atoms with Crippen molar-refractivity contribution in [3.63, 3.8) is 0 Å². The maximum atomic E-state index is 12.5. The molecule has 0 saturated carbocycles. The van der Waals surface area contributed by atoms with Crippen molar-refractivity contribution in [3.05, 3.63) is 42.5 Å². The predicted molar refractivity (Wildman–Crippen MR) is 103 cm³/mol. The molecule has 0 aliphatic carbocycles. The highest BCUT2D eigenvalue weighted by Gasteiger charge is 2.28. The van der Waals surface area contributed by atoms with E-state index >= 15 is 0 Å². The Bertz CT molecular complexity index is 816. The lowest BCUT2D eigenvalue weighted by Crippen LogP contribution is -2.50. The second-order valence-electron chi connectivity index (χ2n) is 5.87. The number of amides is 2. The van der Waals surface area contributed by atoms with Gasteiger partial charge in [-0.2, -0.15) is 0 Å². The van der Waals surface area contributed by atoms with Crippen molar-refractivity contribution in [2.75, 3.05) is 18.0 Å². The van der Waals surface area contributed by atoms with Gasteiger partial charge in [0.15, 0.2) is 5.96 Å². The van der Waals surface area contributed by atoms with Crippen LogP contribution in [0.5, 0.6) is 0 Å². The van der Waals surface area contributed by atoms with Gasteiger partial charge in [0, 0.05) is 12.2 Å². The summed E-state index contributed by atoms with van der Waals surface area (Å²) in [5, 5.41) is 1.98. The van der Waals surface area contributed by atoms with Crippen molar-refractivity contribution in [1.29, 1.82) is 0 Å². The van der Waals surface area contributed by atoms with Gasteiger partial charge >= 0.3 is 0 Å². The first-order valence-corrected chi connectivity index (χ1v) is 8.29. The molecule has 1 unspecified atom stereocenters. The monoisotopic (exact) mass is 356 g/mol. The third-order valence-corrected chi connectivity index (χ3v) is 4.02. The minimum absolute atomic E-state index is 0.0231. The van der Waals surface area contributed by atoms with Crippen LogP contribution in [0.3, 0.4) is 0 Å². The van der Waals surface area contributed by atoms with E-state index in [4.69, 9.17) is 22.9 Å². The molecule has 8 nitrogen and oxygen atoms in total. The molecule has 0 saturated heterocycles. The number of fused-ring (bicyclic) bond motifs is 1. The quantitative estimate of drug-likeness (QED) is 0.299. The van der Waals surface area contributed by atoms with Gasteiger partial charge in [0.1, 0.15) is 6.04 Å². The zero-order chi connectivity index (χ0) is 19.1. The Morgan fingerprint density at radius 1 is 1.04 bits per heavy atom. The Labute approximate surface area is 151 Å². The molecule has 1 atom stereocenters. The van der Waals surface area contributed by atoms with Gasteiger partial charge in [-0.3, -0.25) is 19.5 Å². The molecule has 2 aromatic carbocycles. The molecule has 8 N–H and O–H groups in total. The van der Waals surface area contributed by atoms with Crippen molar-refractivity contribution in [1.82, 2.24) is 0 Å². The number of benzene rings is 2. The summed E-state index contributed by atoms with van der Waals surface area (Å²) in [4.78, 5) is 29.7. The maximum absolute atomic E-state index is 12.5. The highest BCUT2D eigenvalue weighted by atomic mass is 16.2. The lowest BCUT2D eigenvalue weighted by molar-refractivity contribution is -0.124. The van der Waals surface area contributed by atoms with Crippen molar-refractivity contribution >= 4 is 34.2 Å². The normalized spacial score (nSPS) is 11.7. The minimum Gasteiger partial charge on any atom is -0.370 e. The molecular weight excluding hydrogens is 332 g/mol. The molecule has 2 amide bonds. The number of nitrogens with two attached hydrogens (primary N) is 4. The average Bonchev–Trinajstić information content (AvgIpc) is 2.63. The third kappa shape index (κ3) is 4.70. The number of carbonyl (C=O) groups is 2. The second-order valence-corrected chi connectivity index (χ2v) is 5.87. The van der Waals surface area contributed by atoms with Crippen LogP contribution in [0, 0.1) is 0 Å². The van der Waals surface area contributed by atoms with Crippen LogP contribution < -0.4 is 27.8 Å². The first-order valence-electron chi connectivity index (χ1n) is 8.29. The highest BCUT2D eigenvalue weighted by molar-refractivity contribution is 6.02. The van der Waals surface area contributed by atoms with Gasteiger partial charge in [0.05, 0.1) is 6.54 Å². The van der Waals surface area contributed by atoms with Crippen molar-refractivity contribution in [2.24, 2.45) is 27.9 Å². The number of carbonyl (C=O) groups excluding carboxylic acids is 2. The number of nitrogens with zero attached hydrogens (tertiary/aromatic N) is 2. The molecule has 138 valence electrons. The minimum atomic E-state index is -0.832. The van der Waals surface area contributed by atoms with Crippen LogP contribution in [0.4, 0.5) is 5.69 Å². The van der Waals surface area contributed by atoms with Gasteiger partial charge in [0.25, 0.3) is 0 Å². The van der Waals surface area contributed by atoms with Gasteiger partial charge in [-0.1, -0.05) is 30.3 Å². The van der Waals surface area contributed by atoms with Crippen LogP contribution in [0.25, 0.3) is 10.8 Å². The van der Waals surface area contributed by atoms with E-state index < -0.39 is 11.9 Å². The first-order chi connectivity index (χ1) is 12.4. The number of hydrogen-bond acceptors (Lipinski definition) is 4. The van der Waals surface area contributed by atoms with E-state index in [2.05, 4.69) is 4.99 Å². The molecule has 26 heavy (non-hydrogen) atoms. The van der Waals surface area contributed by atoms with Gasteiger partial charge < -0.3 is 22.9 Å². The fraction of sp³-hybridized carbons (Fsp3) is 0.278. The van der Waals surface area contributed by atoms with Gasteiger partial charge in [-0.15, -0.1) is 0 Å². The molecule has 0 fully saturated rings. The fourth-order valence-electron chi connectivity index (χ4n) is 2.81. The van der Waals surface area contributed by atoms with E-state index in [0.29, 0.717) is 25.1 Å². The van der Waals surface area contributed by atoms with Crippen LogP contribution in [-0.2, 0) is 9.59 Å². The molecule has 0 heterocycles. The van der Waals surface area contributed by atoms with Crippen molar-refractivity contribution in [2.45, 2.75) is 18.9 Å². The number of aliphatic imine (C=N–C) groups is 1. The van der Waals surface area contributed by atoms with E-state index in [1.165, 1.54) is 4.90 Å². The van der Waals surface area contributed by atoms with E-state index in [0.717, 1.165) is 10.8 Å². The molecule has 0 aliphatic heterocycles. The Kier molecular flexibility index (Phi) is 6.51. The van der Waals surface area contributed by atoms with Crippen LogP contribution in [0.1, 0.15) is 12.8 Å². The summed E-state index contributed by atoms with van der Waals surface area (Å²) >= 11 is 0. The van der Waals surface area contributed by atoms with Crippen molar-refractivity contribution < 1.29 is 9.59 Å². The van der Waals surface area contributed by atoms with Gasteiger partial charge in [-0.05, 0) is 35.7 Å². The summed E-state index contributed by atoms with van der Waals surface area (Å²) in [5.41, 5.74) is 22.3. The number of rotatable bonds is 8. The number of primary amides is 1. The molecule has 0 aromatic heterocycles. The van der Waals surface area contributed by atoms with Crippen LogP contribution >= 0.6 is 0 Å². The molecule has 8 heteroatoms. The molecule has 2 rings (SSSR count). The number of anilines is 1. The molecule has 0 spiro atoms.